The number of para-hydroxylation sites is 1. The van der Waals surface area contributed by atoms with Gasteiger partial charge in [-0.2, -0.15) is 0 Å². The van der Waals surface area contributed by atoms with Crippen molar-refractivity contribution in [2.75, 3.05) is 23.3 Å². The van der Waals surface area contributed by atoms with Crippen LogP contribution in [0.3, 0.4) is 0 Å². The quantitative estimate of drug-likeness (QED) is 0.760. The first-order chi connectivity index (χ1) is 13.0. The minimum atomic E-state index is -0.0725. The lowest BCUT2D eigenvalue weighted by molar-refractivity contribution is -0.120. The van der Waals surface area contributed by atoms with Gasteiger partial charge in [-0.25, -0.2) is 9.97 Å². The number of carbonyl (C=O) groups is 1. The zero-order valence-electron chi connectivity index (χ0n) is 16.0. The number of fused-ring (bicyclic) bond motifs is 1. The third-order valence-electron chi connectivity index (χ3n) is 5.44. The van der Waals surface area contributed by atoms with Gasteiger partial charge in [-0.05, 0) is 45.2 Å². The molecule has 1 saturated heterocycles. The summed E-state index contributed by atoms with van der Waals surface area (Å²) in [5.74, 6) is 1.72. The number of piperidine rings is 1. The maximum atomic E-state index is 12.8. The summed E-state index contributed by atoms with van der Waals surface area (Å²) in [5.41, 5.74) is 3.62. The molecular formula is C21H24N4O2. The lowest BCUT2D eigenvalue weighted by atomic mass is 9.96. The first kappa shape index (κ1) is 17.5. The average Bonchev–Trinajstić information content (AvgIpc) is 2.98. The Kier molecular flexibility index (Phi) is 4.56. The molecule has 0 unspecified atom stereocenters. The van der Waals surface area contributed by atoms with Crippen molar-refractivity contribution in [2.24, 2.45) is 5.92 Å². The maximum Gasteiger partial charge on any atom is 0.231 e. The molecule has 6 heteroatoms. The Morgan fingerprint density at radius 1 is 1.22 bits per heavy atom. The van der Waals surface area contributed by atoms with E-state index in [-0.39, 0.29) is 11.8 Å². The summed E-state index contributed by atoms with van der Waals surface area (Å²) in [5, 5.41) is 4.04. The third-order valence-corrected chi connectivity index (χ3v) is 5.44. The fourth-order valence-corrected chi connectivity index (χ4v) is 3.74. The van der Waals surface area contributed by atoms with Crippen molar-refractivity contribution in [3.63, 3.8) is 0 Å². The number of amides is 1. The molecule has 3 aromatic rings. The zero-order valence-corrected chi connectivity index (χ0v) is 16.0. The van der Waals surface area contributed by atoms with Crippen LogP contribution >= 0.6 is 0 Å². The minimum Gasteiger partial charge on any atom is -0.443 e. The topological polar surface area (TPSA) is 71.3 Å². The molecule has 0 saturated carbocycles. The Balaban J connectivity index is 1.57. The normalized spacial score (nSPS) is 17.3. The van der Waals surface area contributed by atoms with Crippen LogP contribution in [0.15, 0.2) is 35.0 Å². The predicted molar refractivity (Wildman–Crippen MR) is 106 cm³/mol. The fraction of sp³-hybridized carbons (Fsp3) is 0.381. The Morgan fingerprint density at radius 3 is 2.85 bits per heavy atom. The average molecular weight is 364 g/mol. The molecule has 1 N–H and O–H groups in total. The van der Waals surface area contributed by atoms with Crippen LogP contribution in [0.25, 0.3) is 11.1 Å². The highest BCUT2D eigenvalue weighted by atomic mass is 16.3. The summed E-state index contributed by atoms with van der Waals surface area (Å²) in [4.78, 5) is 23.8. The van der Waals surface area contributed by atoms with E-state index in [9.17, 15) is 4.79 Å². The van der Waals surface area contributed by atoms with Crippen LogP contribution in [0.2, 0.25) is 0 Å². The summed E-state index contributed by atoms with van der Waals surface area (Å²) >= 11 is 0. The van der Waals surface area contributed by atoms with E-state index in [0.717, 1.165) is 53.2 Å². The van der Waals surface area contributed by atoms with Crippen LogP contribution in [0.4, 0.5) is 11.5 Å². The Hall–Kier alpha value is -2.89. The number of hydrogen-bond acceptors (Lipinski definition) is 5. The molecule has 0 aliphatic carbocycles. The molecule has 1 amide bonds. The number of nitrogens with one attached hydrogen (secondary N) is 1. The lowest BCUT2D eigenvalue weighted by Gasteiger charge is -2.33. The van der Waals surface area contributed by atoms with Crippen LogP contribution in [-0.2, 0) is 4.79 Å². The van der Waals surface area contributed by atoms with E-state index in [1.54, 1.807) is 0 Å². The van der Waals surface area contributed by atoms with Gasteiger partial charge in [0.15, 0.2) is 0 Å². The first-order valence-corrected chi connectivity index (χ1v) is 9.36. The van der Waals surface area contributed by atoms with Crippen LogP contribution in [0, 0.1) is 26.7 Å². The monoisotopic (exact) mass is 364 g/mol. The van der Waals surface area contributed by atoms with Crippen LogP contribution in [0.5, 0.6) is 0 Å². The second-order valence-corrected chi connectivity index (χ2v) is 7.25. The van der Waals surface area contributed by atoms with Gasteiger partial charge in [-0.15, -0.1) is 0 Å². The molecule has 1 atom stereocenters. The number of carbonyl (C=O) groups excluding carboxylic acids is 1. The molecule has 140 valence electrons. The van der Waals surface area contributed by atoms with Gasteiger partial charge in [0.05, 0.1) is 11.3 Å². The third kappa shape index (κ3) is 3.27. The molecule has 1 aliphatic rings. The SMILES string of the molecule is Cc1ccccc1NC(=O)[C@@H]1CCCN(c2ncnc3oc(C)c(C)c23)C1. The molecule has 4 rings (SSSR count). The zero-order chi connectivity index (χ0) is 19.0. The summed E-state index contributed by atoms with van der Waals surface area (Å²) in [6.07, 6.45) is 3.37. The number of aryl methyl sites for hydroxylation is 3. The highest BCUT2D eigenvalue weighted by molar-refractivity contribution is 5.94. The lowest BCUT2D eigenvalue weighted by Crippen LogP contribution is -2.41. The molecular weight excluding hydrogens is 340 g/mol. The van der Waals surface area contributed by atoms with E-state index < -0.39 is 0 Å². The van der Waals surface area contributed by atoms with Gasteiger partial charge in [0.1, 0.15) is 17.9 Å². The highest BCUT2D eigenvalue weighted by Gasteiger charge is 2.29. The van der Waals surface area contributed by atoms with Crippen molar-refractivity contribution in [3.8, 4) is 0 Å². The van der Waals surface area contributed by atoms with E-state index in [1.807, 2.05) is 45.0 Å². The Labute approximate surface area is 158 Å². The molecule has 2 aromatic heterocycles. The smallest absolute Gasteiger partial charge is 0.231 e. The van der Waals surface area contributed by atoms with E-state index in [1.165, 1.54) is 6.33 Å². The van der Waals surface area contributed by atoms with Crippen molar-refractivity contribution in [3.05, 3.63) is 47.5 Å². The second kappa shape index (κ2) is 7.02. The first-order valence-electron chi connectivity index (χ1n) is 9.36. The summed E-state index contributed by atoms with van der Waals surface area (Å²) in [6.45, 7) is 7.50. The van der Waals surface area contributed by atoms with E-state index in [4.69, 9.17) is 4.42 Å². The Bertz CT molecular complexity index is 995. The van der Waals surface area contributed by atoms with E-state index >= 15 is 0 Å². The fourth-order valence-electron chi connectivity index (χ4n) is 3.74. The van der Waals surface area contributed by atoms with Gasteiger partial charge in [-0.1, -0.05) is 18.2 Å². The number of aromatic nitrogens is 2. The number of benzene rings is 1. The molecule has 1 fully saturated rings. The van der Waals surface area contributed by atoms with Crippen molar-refractivity contribution < 1.29 is 9.21 Å². The van der Waals surface area contributed by atoms with Crippen molar-refractivity contribution >= 4 is 28.5 Å². The molecule has 0 bridgehead atoms. The summed E-state index contributed by atoms with van der Waals surface area (Å²) in [6, 6.07) is 7.87. The highest BCUT2D eigenvalue weighted by Crippen LogP contribution is 2.32. The molecule has 1 aliphatic heterocycles. The van der Waals surface area contributed by atoms with Crippen molar-refractivity contribution in [1.29, 1.82) is 0 Å². The molecule has 3 heterocycles. The van der Waals surface area contributed by atoms with Gasteiger partial charge in [0.2, 0.25) is 11.6 Å². The minimum absolute atomic E-state index is 0.0689. The van der Waals surface area contributed by atoms with Gasteiger partial charge in [0, 0.05) is 24.3 Å². The second-order valence-electron chi connectivity index (χ2n) is 7.25. The predicted octanol–water partition coefficient (Wildman–Crippen LogP) is 4.00. The van der Waals surface area contributed by atoms with Crippen LogP contribution in [0.1, 0.15) is 29.7 Å². The number of rotatable bonds is 3. The molecule has 6 nitrogen and oxygen atoms in total. The van der Waals surface area contributed by atoms with E-state index in [2.05, 4.69) is 20.2 Å². The van der Waals surface area contributed by atoms with Gasteiger partial charge < -0.3 is 14.6 Å². The molecule has 0 spiro atoms. The van der Waals surface area contributed by atoms with Crippen LogP contribution < -0.4 is 10.2 Å². The number of hydrogen-bond donors (Lipinski definition) is 1. The summed E-state index contributed by atoms with van der Waals surface area (Å²) < 4.78 is 5.74. The standard InChI is InChI=1S/C21H24N4O2/c1-13-7-4-5-9-17(13)24-20(26)16-8-6-10-25(11-16)19-18-14(2)15(3)27-21(18)23-12-22-19/h4-5,7,9,12,16H,6,8,10-11H2,1-3H3,(H,24,26)/t16-/m1/s1. The largest absolute Gasteiger partial charge is 0.443 e. The summed E-state index contributed by atoms with van der Waals surface area (Å²) in [7, 11) is 0. The van der Waals surface area contributed by atoms with Gasteiger partial charge in [-0.3, -0.25) is 4.79 Å². The molecule has 0 radical (unpaired) electrons. The molecule has 27 heavy (non-hydrogen) atoms. The van der Waals surface area contributed by atoms with Crippen molar-refractivity contribution in [1.82, 2.24) is 9.97 Å². The van der Waals surface area contributed by atoms with Crippen molar-refractivity contribution in [2.45, 2.75) is 33.6 Å². The number of anilines is 2. The van der Waals surface area contributed by atoms with Crippen LogP contribution in [-0.4, -0.2) is 29.0 Å². The van der Waals surface area contributed by atoms with E-state index in [0.29, 0.717) is 12.3 Å². The Morgan fingerprint density at radius 2 is 2.04 bits per heavy atom. The molecule has 1 aromatic carbocycles. The van der Waals surface area contributed by atoms with Gasteiger partial charge in [0.25, 0.3) is 0 Å². The maximum absolute atomic E-state index is 12.8. The number of nitrogens with zero attached hydrogens (tertiary/aromatic N) is 3. The number of furan rings is 1. The van der Waals surface area contributed by atoms with Gasteiger partial charge >= 0.3 is 0 Å².